The third-order valence-corrected chi connectivity index (χ3v) is 4.33. The van der Waals surface area contributed by atoms with Gasteiger partial charge in [-0.2, -0.15) is 0 Å². The number of halogens is 1. The molecule has 6 nitrogen and oxygen atoms in total. The second kappa shape index (κ2) is 4.50. The highest BCUT2D eigenvalue weighted by molar-refractivity contribution is 7.93. The molecule has 18 heavy (non-hydrogen) atoms. The van der Waals surface area contributed by atoms with Gasteiger partial charge in [0.2, 0.25) is 5.13 Å². The summed E-state index contributed by atoms with van der Waals surface area (Å²) in [4.78, 5) is -0.324. The van der Waals surface area contributed by atoms with E-state index in [0.717, 1.165) is 17.4 Å². The van der Waals surface area contributed by atoms with Crippen LogP contribution in [-0.4, -0.2) is 18.6 Å². The number of nitrogen functional groups attached to an aromatic ring is 1. The fourth-order valence-corrected chi connectivity index (χ4v) is 3.22. The molecule has 1 aromatic heterocycles. The number of benzene rings is 1. The molecular formula is C9H9FN4O2S2. The van der Waals surface area contributed by atoms with Crippen molar-refractivity contribution in [1.82, 2.24) is 10.2 Å². The Hall–Kier alpha value is -1.74. The highest BCUT2D eigenvalue weighted by atomic mass is 32.2. The fraction of sp³-hybridized carbons (Fsp3) is 0.111. The topological polar surface area (TPSA) is 98.0 Å². The van der Waals surface area contributed by atoms with Gasteiger partial charge in [-0.15, -0.1) is 10.2 Å². The highest BCUT2D eigenvalue weighted by Crippen LogP contribution is 2.24. The van der Waals surface area contributed by atoms with Crippen LogP contribution in [0.3, 0.4) is 0 Å². The van der Waals surface area contributed by atoms with Crippen LogP contribution in [0, 0.1) is 12.7 Å². The summed E-state index contributed by atoms with van der Waals surface area (Å²) in [5.74, 6) is -0.786. The van der Waals surface area contributed by atoms with Crippen LogP contribution in [0.5, 0.6) is 0 Å². The smallest absolute Gasteiger partial charge is 0.265 e. The lowest BCUT2D eigenvalue weighted by Gasteiger charge is -2.07. The van der Waals surface area contributed by atoms with Gasteiger partial charge in [-0.25, -0.2) is 12.8 Å². The van der Waals surface area contributed by atoms with E-state index in [-0.39, 0.29) is 10.0 Å². The maximum Gasteiger partial charge on any atom is 0.265 e. The van der Waals surface area contributed by atoms with Crippen LogP contribution in [0.25, 0.3) is 0 Å². The Morgan fingerprint density at radius 1 is 1.39 bits per heavy atom. The van der Waals surface area contributed by atoms with Crippen molar-refractivity contribution in [3.05, 3.63) is 29.0 Å². The van der Waals surface area contributed by atoms with Gasteiger partial charge in [0.15, 0.2) is 0 Å². The first-order valence-electron chi connectivity index (χ1n) is 4.77. The minimum atomic E-state index is -3.96. The van der Waals surface area contributed by atoms with Gasteiger partial charge in [0.05, 0.1) is 5.69 Å². The molecule has 3 N–H and O–H groups in total. The number of aromatic nitrogens is 2. The summed E-state index contributed by atoms with van der Waals surface area (Å²) in [5, 5.41) is 8.01. The Morgan fingerprint density at radius 2 is 2.11 bits per heavy atom. The number of aryl methyl sites for hydroxylation is 1. The van der Waals surface area contributed by atoms with Gasteiger partial charge in [0, 0.05) is 0 Å². The van der Waals surface area contributed by atoms with Crippen molar-refractivity contribution in [2.45, 2.75) is 11.8 Å². The third kappa shape index (κ3) is 2.41. The molecule has 0 spiro atoms. The maximum atomic E-state index is 13.2. The van der Waals surface area contributed by atoms with Gasteiger partial charge < -0.3 is 5.73 Å². The third-order valence-electron chi connectivity index (χ3n) is 2.05. The molecule has 2 aromatic rings. The van der Waals surface area contributed by atoms with E-state index in [2.05, 4.69) is 14.9 Å². The summed E-state index contributed by atoms with van der Waals surface area (Å²) in [5.41, 5.74) is 4.98. The summed E-state index contributed by atoms with van der Waals surface area (Å²) < 4.78 is 39.3. The number of nitrogens with zero attached hydrogens (tertiary/aromatic N) is 2. The first kappa shape index (κ1) is 12.7. The van der Waals surface area contributed by atoms with Crippen LogP contribution in [0.4, 0.5) is 15.2 Å². The van der Waals surface area contributed by atoms with Crippen LogP contribution in [0.15, 0.2) is 23.1 Å². The largest absolute Gasteiger partial charge is 0.395 e. The van der Waals surface area contributed by atoms with Crippen molar-refractivity contribution >= 4 is 32.2 Å². The van der Waals surface area contributed by atoms with Crippen molar-refractivity contribution in [1.29, 1.82) is 0 Å². The molecule has 0 aliphatic heterocycles. The Bertz CT molecular complexity index is 684. The summed E-state index contributed by atoms with van der Waals surface area (Å²) in [7, 11) is -3.96. The molecule has 0 saturated carbocycles. The molecule has 0 aliphatic rings. The van der Waals surface area contributed by atoms with Crippen LogP contribution in [-0.2, 0) is 10.0 Å². The fourth-order valence-electron chi connectivity index (χ4n) is 1.26. The number of para-hydroxylation sites is 1. The molecule has 1 heterocycles. The van der Waals surface area contributed by atoms with Crippen molar-refractivity contribution in [2.24, 2.45) is 0 Å². The molecule has 0 saturated heterocycles. The summed E-state index contributed by atoms with van der Waals surface area (Å²) in [6.45, 7) is 1.69. The Morgan fingerprint density at radius 3 is 2.72 bits per heavy atom. The number of hydrogen-bond acceptors (Lipinski definition) is 6. The van der Waals surface area contributed by atoms with E-state index < -0.39 is 21.5 Å². The Kier molecular flexibility index (Phi) is 3.18. The first-order chi connectivity index (χ1) is 8.40. The lowest BCUT2D eigenvalue weighted by molar-refractivity contribution is 0.597. The molecule has 0 unspecified atom stereocenters. The molecule has 0 aliphatic carbocycles. The Balaban J connectivity index is 2.40. The number of nitrogens with one attached hydrogen (secondary N) is 1. The molecule has 0 bridgehead atoms. The first-order valence-corrected chi connectivity index (χ1v) is 7.07. The Labute approximate surface area is 107 Å². The number of sulfonamides is 1. The molecule has 96 valence electrons. The van der Waals surface area contributed by atoms with E-state index in [1.165, 1.54) is 12.1 Å². The van der Waals surface area contributed by atoms with Crippen molar-refractivity contribution < 1.29 is 12.8 Å². The number of hydrogen-bond donors (Lipinski definition) is 2. The van der Waals surface area contributed by atoms with Gasteiger partial charge in [0.25, 0.3) is 10.0 Å². The van der Waals surface area contributed by atoms with Gasteiger partial charge in [-0.3, -0.25) is 4.72 Å². The lowest BCUT2D eigenvalue weighted by Crippen LogP contribution is -2.15. The highest BCUT2D eigenvalue weighted by Gasteiger charge is 2.20. The van der Waals surface area contributed by atoms with Gasteiger partial charge in [-0.1, -0.05) is 17.4 Å². The average Bonchev–Trinajstić information content (AvgIpc) is 2.67. The van der Waals surface area contributed by atoms with Crippen LogP contribution in [0.2, 0.25) is 0 Å². The molecule has 0 amide bonds. The zero-order valence-corrected chi connectivity index (χ0v) is 10.8. The van der Waals surface area contributed by atoms with Crippen molar-refractivity contribution in [3.63, 3.8) is 0 Å². The maximum absolute atomic E-state index is 13.2. The van der Waals surface area contributed by atoms with Gasteiger partial charge in [-0.05, 0) is 19.1 Å². The molecule has 0 fully saturated rings. The van der Waals surface area contributed by atoms with E-state index in [4.69, 9.17) is 5.73 Å². The van der Waals surface area contributed by atoms with E-state index in [1.54, 1.807) is 6.92 Å². The van der Waals surface area contributed by atoms with Crippen LogP contribution in [0.1, 0.15) is 5.01 Å². The summed E-state index contributed by atoms with van der Waals surface area (Å²) in [6, 6.07) is 3.57. The quantitative estimate of drug-likeness (QED) is 0.831. The van der Waals surface area contributed by atoms with Crippen molar-refractivity contribution in [3.8, 4) is 0 Å². The number of rotatable bonds is 3. The standard InChI is InChI=1S/C9H9FN4O2S2/c1-5-12-13-9(17-5)14-18(15,16)7-4-2-3-6(10)8(7)11/h2-4H,11H2,1H3,(H,13,14). The zero-order chi connectivity index (χ0) is 13.3. The molecule has 9 heteroatoms. The summed E-state index contributed by atoms with van der Waals surface area (Å²) in [6.07, 6.45) is 0. The van der Waals surface area contributed by atoms with E-state index in [9.17, 15) is 12.8 Å². The molecule has 0 radical (unpaired) electrons. The molecule has 1 aromatic carbocycles. The van der Waals surface area contributed by atoms with Gasteiger partial charge >= 0.3 is 0 Å². The molecular weight excluding hydrogens is 279 g/mol. The summed E-state index contributed by atoms with van der Waals surface area (Å²) >= 11 is 1.07. The molecule has 0 atom stereocenters. The predicted molar refractivity (Wildman–Crippen MR) is 66.3 cm³/mol. The average molecular weight is 288 g/mol. The minimum Gasteiger partial charge on any atom is -0.395 e. The van der Waals surface area contributed by atoms with Crippen LogP contribution < -0.4 is 10.5 Å². The zero-order valence-electron chi connectivity index (χ0n) is 9.21. The second-order valence-electron chi connectivity index (χ2n) is 3.38. The van der Waals surface area contributed by atoms with Crippen LogP contribution >= 0.6 is 11.3 Å². The lowest BCUT2D eigenvalue weighted by atomic mass is 10.3. The second-order valence-corrected chi connectivity index (χ2v) is 6.22. The van der Waals surface area contributed by atoms with Gasteiger partial charge in [0.1, 0.15) is 15.7 Å². The van der Waals surface area contributed by atoms with E-state index in [1.807, 2.05) is 0 Å². The van der Waals surface area contributed by atoms with E-state index >= 15 is 0 Å². The number of nitrogens with two attached hydrogens (primary N) is 1. The normalized spacial score (nSPS) is 11.4. The monoisotopic (exact) mass is 288 g/mol. The minimum absolute atomic E-state index is 0.108. The van der Waals surface area contributed by atoms with E-state index in [0.29, 0.717) is 5.01 Å². The number of anilines is 2. The molecule has 2 rings (SSSR count). The predicted octanol–water partition coefficient (Wildman–Crippen LogP) is 1.37. The van der Waals surface area contributed by atoms with Crippen molar-refractivity contribution in [2.75, 3.05) is 10.5 Å². The SMILES string of the molecule is Cc1nnc(NS(=O)(=O)c2cccc(F)c2N)s1.